The third-order valence-corrected chi connectivity index (χ3v) is 2.65. The highest BCUT2D eigenvalue weighted by atomic mass is 19.1. The number of benzene rings is 1. The molecule has 1 heterocycles. The van der Waals surface area contributed by atoms with E-state index >= 15 is 0 Å². The number of carboxylic acid groups (broad SMARTS) is 1. The first kappa shape index (κ1) is 14.0. The maximum atomic E-state index is 13.4. The Hall–Kier alpha value is -2.41. The Labute approximate surface area is 113 Å². The Bertz CT molecular complexity index is 635. The van der Waals surface area contributed by atoms with E-state index in [1.54, 1.807) is 0 Å². The van der Waals surface area contributed by atoms with E-state index in [-0.39, 0.29) is 24.2 Å². The van der Waals surface area contributed by atoms with Gasteiger partial charge in [-0.3, -0.25) is 0 Å². The van der Waals surface area contributed by atoms with Crippen molar-refractivity contribution < 1.29 is 18.7 Å². The number of rotatable bonds is 5. The molecule has 20 heavy (non-hydrogen) atoms. The molecule has 5 nitrogen and oxygen atoms in total. The minimum atomic E-state index is -1.13. The molecule has 2 aromatic rings. The van der Waals surface area contributed by atoms with Crippen molar-refractivity contribution in [2.24, 2.45) is 0 Å². The molecule has 0 radical (unpaired) electrons. The quantitative estimate of drug-likeness (QED) is 0.872. The summed E-state index contributed by atoms with van der Waals surface area (Å²) in [6, 6.07) is 3.29. The number of aromatic nitrogens is 2. The Morgan fingerprint density at radius 2 is 2.10 bits per heavy atom. The highest BCUT2D eigenvalue weighted by Gasteiger charge is 2.11. The number of hydrogen-bond donors (Lipinski definition) is 2. The molecule has 0 bridgehead atoms. The Morgan fingerprint density at radius 3 is 2.80 bits per heavy atom. The third-order valence-electron chi connectivity index (χ3n) is 2.65. The molecule has 0 aliphatic carbocycles. The maximum Gasteiger partial charge on any atom is 0.339 e. The summed E-state index contributed by atoms with van der Waals surface area (Å²) in [5.74, 6) is -2.43. The van der Waals surface area contributed by atoms with Crippen LogP contribution in [0, 0.1) is 11.6 Å². The predicted octanol–water partition coefficient (Wildman–Crippen LogP) is 1.74. The number of aromatic carboxylic acids is 1. The van der Waals surface area contributed by atoms with E-state index in [4.69, 9.17) is 5.11 Å². The first-order valence-electron chi connectivity index (χ1n) is 5.74. The molecule has 2 N–H and O–H groups in total. The van der Waals surface area contributed by atoms with Crippen LogP contribution in [-0.2, 0) is 13.1 Å². The van der Waals surface area contributed by atoms with E-state index in [1.807, 2.05) is 0 Å². The van der Waals surface area contributed by atoms with Crippen LogP contribution in [0.5, 0.6) is 0 Å². The minimum Gasteiger partial charge on any atom is -0.478 e. The van der Waals surface area contributed by atoms with E-state index in [1.165, 1.54) is 18.6 Å². The lowest BCUT2D eigenvalue weighted by Gasteiger charge is -2.07. The van der Waals surface area contributed by atoms with Gasteiger partial charge in [-0.05, 0) is 6.07 Å². The standard InChI is InChI=1S/C13H11F2N3O2/c14-9-2-1-8(11(15)3-9)4-16-6-12-10(13(19)20)5-17-7-18-12/h1-3,5,7,16H,4,6H2,(H,19,20). The second-order valence-electron chi connectivity index (χ2n) is 4.03. The van der Waals surface area contributed by atoms with Crippen LogP contribution in [-0.4, -0.2) is 21.0 Å². The predicted molar refractivity (Wildman–Crippen MR) is 65.9 cm³/mol. The average molecular weight is 279 g/mol. The van der Waals surface area contributed by atoms with Gasteiger partial charge in [0.15, 0.2) is 0 Å². The normalized spacial score (nSPS) is 10.5. The summed E-state index contributed by atoms with van der Waals surface area (Å²) in [5, 5.41) is 11.8. The number of nitrogens with one attached hydrogen (secondary N) is 1. The molecule has 0 atom stereocenters. The van der Waals surface area contributed by atoms with Crippen LogP contribution in [0.2, 0.25) is 0 Å². The maximum absolute atomic E-state index is 13.4. The molecule has 1 aromatic carbocycles. The van der Waals surface area contributed by atoms with Crippen molar-refractivity contribution >= 4 is 5.97 Å². The second-order valence-corrected chi connectivity index (χ2v) is 4.03. The van der Waals surface area contributed by atoms with Crippen molar-refractivity contribution in [2.75, 3.05) is 0 Å². The van der Waals surface area contributed by atoms with E-state index in [2.05, 4.69) is 15.3 Å². The minimum absolute atomic E-state index is 0.0143. The fourth-order valence-corrected chi connectivity index (χ4v) is 1.66. The zero-order chi connectivity index (χ0) is 14.5. The van der Waals surface area contributed by atoms with Crippen LogP contribution in [0.15, 0.2) is 30.7 Å². The summed E-state index contributed by atoms with van der Waals surface area (Å²) in [4.78, 5) is 18.4. The summed E-state index contributed by atoms with van der Waals surface area (Å²) in [6.45, 7) is 0.274. The van der Waals surface area contributed by atoms with E-state index < -0.39 is 17.6 Å². The van der Waals surface area contributed by atoms with Gasteiger partial charge in [0.2, 0.25) is 0 Å². The van der Waals surface area contributed by atoms with E-state index in [0.717, 1.165) is 12.1 Å². The molecule has 0 aliphatic rings. The number of carbonyl (C=O) groups is 1. The van der Waals surface area contributed by atoms with Crippen molar-refractivity contribution in [1.29, 1.82) is 0 Å². The van der Waals surface area contributed by atoms with Crippen molar-refractivity contribution in [2.45, 2.75) is 13.1 Å². The van der Waals surface area contributed by atoms with Gasteiger partial charge in [0.25, 0.3) is 0 Å². The number of hydrogen-bond acceptors (Lipinski definition) is 4. The van der Waals surface area contributed by atoms with Crippen molar-refractivity contribution in [3.8, 4) is 0 Å². The van der Waals surface area contributed by atoms with Gasteiger partial charge in [-0.1, -0.05) is 6.07 Å². The summed E-state index contributed by atoms with van der Waals surface area (Å²) in [7, 11) is 0. The molecule has 0 saturated heterocycles. The van der Waals surface area contributed by atoms with Gasteiger partial charge in [0, 0.05) is 30.9 Å². The second kappa shape index (κ2) is 6.16. The average Bonchev–Trinajstić information content (AvgIpc) is 2.41. The molecular weight excluding hydrogens is 268 g/mol. The first-order chi connectivity index (χ1) is 9.58. The van der Waals surface area contributed by atoms with Crippen LogP contribution >= 0.6 is 0 Å². The molecule has 104 valence electrons. The van der Waals surface area contributed by atoms with Crippen LogP contribution in [0.4, 0.5) is 8.78 Å². The molecule has 7 heteroatoms. The molecule has 0 fully saturated rings. The van der Waals surface area contributed by atoms with Gasteiger partial charge < -0.3 is 10.4 Å². The van der Waals surface area contributed by atoms with Crippen LogP contribution < -0.4 is 5.32 Å². The zero-order valence-electron chi connectivity index (χ0n) is 10.3. The highest BCUT2D eigenvalue weighted by Crippen LogP contribution is 2.10. The number of nitrogens with zero attached hydrogens (tertiary/aromatic N) is 2. The SMILES string of the molecule is O=C(O)c1cncnc1CNCc1ccc(F)cc1F. The molecule has 2 rings (SSSR count). The lowest BCUT2D eigenvalue weighted by Crippen LogP contribution is -2.17. The third kappa shape index (κ3) is 3.33. The lowest BCUT2D eigenvalue weighted by molar-refractivity contribution is 0.0694. The zero-order valence-corrected chi connectivity index (χ0v) is 10.3. The number of carboxylic acids is 1. The fourth-order valence-electron chi connectivity index (χ4n) is 1.66. The molecule has 0 aliphatic heterocycles. The first-order valence-corrected chi connectivity index (χ1v) is 5.74. The Balaban J connectivity index is 2.01. The van der Waals surface area contributed by atoms with Gasteiger partial charge in [-0.2, -0.15) is 0 Å². The molecule has 1 aromatic heterocycles. The molecule has 0 unspecified atom stereocenters. The van der Waals surface area contributed by atoms with E-state index in [0.29, 0.717) is 5.69 Å². The van der Waals surface area contributed by atoms with Crippen molar-refractivity contribution in [3.63, 3.8) is 0 Å². The topological polar surface area (TPSA) is 75.1 Å². The fraction of sp³-hybridized carbons (Fsp3) is 0.154. The van der Waals surface area contributed by atoms with Crippen LogP contribution in [0.25, 0.3) is 0 Å². The van der Waals surface area contributed by atoms with Crippen LogP contribution in [0.3, 0.4) is 0 Å². The highest BCUT2D eigenvalue weighted by molar-refractivity contribution is 5.88. The van der Waals surface area contributed by atoms with Gasteiger partial charge in [0.1, 0.15) is 23.5 Å². The smallest absolute Gasteiger partial charge is 0.339 e. The number of halogens is 2. The van der Waals surface area contributed by atoms with Crippen LogP contribution in [0.1, 0.15) is 21.6 Å². The summed E-state index contributed by atoms with van der Waals surface area (Å²) in [6.07, 6.45) is 2.44. The molecule has 0 saturated carbocycles. The van der Waals surface area contributed by atoms with Gasteiger partial charge in [-0.15, -0.1) is 0 Å². The van der Waals surface area contributed by atoms with E-state index in [9.17, 15) is 13.6 Å². The van der Waals surface area contributed by atoms with Gasteiger partial charge in [-0.25, -0.2) is 23.5 Å². The lowest BCUT2D eigenvalue weighted by atomic mass is 10.2. The summed E-state index contributed by atoms with van der Waals surface area (Å²) in [5.41, 5.74) is 0.576. The summed E-state index contributed by atoms with van der Waals surface area (Å²) >= 11 is 0. The van der Waals surface area contributed by atoms with Crippen molar-refractivity contribution in [1.82, 2.24) is 15.3 Å². The molecule has 0 amide bonds. The summed E-state index contributed by atoms with van der Waals surface area (Å²) < 4.78 is 26.1. The van der Waals surface area contributed by atoms with Crippen molar-refractivity contribution in [3.05, 3.63) is 59.2 Å². The monoisotopic (exact) mass is 279 g/mol. The molecular formula is C13H11F2N3O2. The Kier molecular flexibility index (Phi) is 4.31. The molecule has 0 spiro atoms. The largest absolute Gasteiger partial charge is 0.478 e. The Morgan fingerprint density at radius 1 is 1.30 bits per heavy atom. The van der Waals surface area contributed by atoms with Gasteiger partial charge >= 0.3 is 5.97 Å². The van der Waals surface area contributed by atoms with Gasteiger partial charge in [0.05, 0.1) is 5.69 Å².